The van der Waals surface area contributed by atoms with Gasteiger partial charge in [-0.05, 0) is 31.0 Å². The van der Waals surface area contributed by atoms with E-state index in [2.05, 4.69) is 10.3 Å². The van der Waals surface area contributed by atoms with Crippen LogP contribution in [0, 0.1) is 0 Å². The number of amides is 1. The summed E-state index contributed by atoms with van der Waals surface area (Å²) in [5.74, 6) is 0.594. The predicted molar refractivity (Wildman–Crippen MR) is 110 cm³/mol. The highest BCUT2D eigenvalue weighted by molar-refractivity contribution is 8.00. The van der Waals surface area contributed by atoms with Crippen molar-refractivity contribution in [2.75, 3.05) is 11.5 Å². The molecule has 1 amide bonds. The Kier molecular flexibility index (Phi) is 6.15. The molecule has 2 aromatic rings. The van der Waals surface area contributed by atoms with Crippen molar-refractivity contribution in [3.63, 3.8) is 0 Å². The van der Waals surface area contributed by atoms with Gasteiger partial charge in [0.05, 0.1) is 27.6 Å². The lowest BCUT2D eigenvalue weighted by Crippen LogP contribution is -2.34. The van der Waals surface area contributed by atoms with Crippen LogP contribution in [0.25, 0.3) is 5.69 Å². The quantitative estimate of drug-likeness (QED) is 0.544. The van der Waals surface area contributed by atoms with Crippen LogP contribution in [0.5, 0.6) is 0 Å². The number of alkyl halides is 3. The van der Waals surface area contributed by atoms with Gasteiger partial charge in [0.15, 0.2) is 5.16 Å². The van der Waals surface area contributed by atoms with Crippen LogP contribution in [-0.4, -0.2) is 33.0 Å². The molecule has 1 aliphatic heterocycles. The second-order valence-corrected chi connectivity index (χ2v) is 9.34. The lowest BCUT2D eigenvalue weighted by atomic mass is 10.2. The molecule has 1 saturated carbocycles. The minimum Gasteiger partial charge on any atom is -0.353 e. The Balaban J connectivity index is 1.66. The first-order valence-corrected chi connectivity index (χ1v) is 11.7. The van der Waals surface area contributed by atoms with E-state index in [1.165, 1.54) is 28.5 Å². The number of fused-ring (bicyclic) bond motifs is 1. The number of halogens is 3. The molecular weight excluding hydrogens is 435 g/mol. The van der Waals surface area contributed by atoms with Gasteiger partial charge >= 0.3 is 6.18 Å². The molecule has 1 aliphatic carbocycles. The van der Waals surface area contributed by atoms with Crippen LogP contribution in [0.1, 0.15) is 36.9 Å². The summed E-state index contributed by atoms with van der Waals surface area (Å²) in [7, 11) is 0. The number of nitrogens with zero attached hydrogens (tertiary/aromatic N) is 2. The Morgan fingerprint density at radius 1 is 1.30 bits per heavy atom. The molecule has 1 aromatic heterocycles. The van der Waals surface area contributed by atoms with E-state index in [1.807, 2.05) is 0 Å². The highest BCUT2D eigenvalue weighted by Gasteiger charge is 2.31. The maximum atomic E-state index is 13.2. The number of carbonyl (C=O) groups is 1. The summed E-state index contributed by atoms with van der Waals surface area (Å²) in [6, 6.07) is 4.80. The van der Waals surface area contributed by atoms with E-state index in [0.29, 0.717) is 22.8 Å². The topological polar surface area (TPSA) is 64.0 Å². The number of aryl methyl sites for hydroxylation is 1. The number of thioether (sulfide) groups is 2. The summed E-state index contributed by atoms with van der Waals surface area (Å²) in [6.07, 6.45) is 0.210. The summed E-state index contributed by atoms with van der Waals surface area (Å²) in [5.41, 5.74) is -0.487. The largest absolute Gasteiger partial charge is 0.416 e. The third-order valence-corrected chi connectivity index (χ3v) is 7.20. The van der Waals surface area contributed by atoms with Crippen molar-refractivity contribution >= 4 is 29.4 Å². The van der Waals surface area contributed by atoms with Crippen molar-refractivity contribution in [2.24, 2.45) is 0 Å². The van der Waals surface area contributed by atoms with Gasteiger partial charge in [-0.2, -0.15) is 13.2 Å². The molecule has 1 aromatic carbocycles. The number of aromatic nitrogens is 2. The van der Waals surface area contributed by atoms with Crippen LogP contribution < -0.4 is 10.9 Å². The van der Waals surface area contributed by atoms with E-state index < -0.39 is 11.7 Å². The molecule has 160 valence electrons. The monoisotopic (exact) mass is 455 g/mol. The molecule has 5 nitrogen and oxygen atoms in total. The molecule has 0 unspecified atom stereocenters. The Morgan fingerprint density at radius 3 is 2.80 bits per heavy atom. The fourth-order valence-electron chi connectivity index (χ4n) is 3.71. The van der Waals surface area contributed by atoms with Crippen LogP contribution in [0.2, 0.25) is 0 Å². The Labute approximate surface area is 179 Å². The van der Waals surface area contributed by atoms with E-state index in [9.17, 15) is 22.8 Å². The standard InChI is InChI=1S/C20H20F3N3O2S2/c21-20(22,23)12-4-3-7-14(10-12)26-18(28)17-15(8-9-29-17)25-19(26)30-11-16(27)24-13-5-1-2-6-13/h3-4,7,10,13H,1-2,5-6,8-9,11H2,(H,24,27). The van der Waals surface area contributed by atoms with Gasteiger partial charge in [-0.25, -0.2) is 4.98 Å². The van der Waals surface area contributed by atoms with E-state index in [0.717, 1.165) is 49.6 Å². The van der Waals surface area contributed by atoms with Crippen LogP contribution in [0.4, 0.5) is 13.2 Å². The zero-order chi connectivity index (χ0) is 21.3. The van der Waals surface area contributed by atoms with E-state index in [-0.39, 0.29) is 34.1 Å². The average Bonchev–Trinajstić information content (AvgIpc) is 3.38. The Bertz CT molecular complexity index is 1020. The molecule has 0 bridgehead atoms. The third kappa shape index (κ3) is 4.54. The van der Waals surface area contributed by atoms with E-state index in [1.54, 1.807) is 0 Å². The Hall–Kier alpha value is -1.94. The smallest absolute Gasteiger partial charge is 0.353 e. The summed E-state index contributed by atoms with van der Waals surface area (Å²) >= 11 is 2.44. The zero-order valence-electron chi connectivity index (χ0n) is 16.0. The molecule has 0 radical (unpaired) electrons. The number of rotatable bonds is 5. The van der Waals surface area contributed by atoms with Gasteiger partial charge in [0.25, 0.3) is 5.56 Å². The van der Waals surface area contributed by atoms with Gasteiger partial charge < -0.3 is 5.32 Å². The lowest BCUT2D eigenvalue weighted by Gasteiger charge is -2.16. The van der Waals surface area contributed by atoms with Crippen LogP contribution >= 0.6 is 23.5 Å². The third-order valence-electron chi connectivity index (χ3n) is 5.15. The molecule has 10 heteroatoms. The summed E-state index contributed by atoms with van der Waals surface area (Å²) in [5, 5.41) is 3.21. The van der Waals surface area contributed by atoms with Crippen molar-refractivity contribution < 1.29 is 18.0 Å². The van der Waals surface area contributed by atoms with Crippen LogP contribution in [0.3, 0.4) is 0 Å². The van der Waals surface area contributed by atoms with Crippen molar-refractivity contribution in [3.8, 4) is 5.69 Å². The fourth-order valence-corrected chi connectivity index (χ4v) is 5.57. The predicted octanol–water partition coefficient (Wildman–Crippen LogP) is 4.05. The molecule has 30 heavy (non-hydrogen) atoms. The minimum absolute atomic E-state index is 0.0494. The molecule has 1 N–H and O–H groups in total. The lowest BCUT2D eigenvalue weighted by molar-refractivity contribution is -0.137. The highest BCUT2D eigenvalue weighted by Crippen LogP contribution is 2.33. The number of carbonyl (C=O) groups excluding carboxylic acids is 1. The second-order valence-electron chi connectivity index (χ2n) is 7.29. The van der Waals surface area contributed by atoms with Gasteiger partial charge in [-0.1, -0.05) is 30.7 Å². The molecular formula is C20H20F3N3O2S2. The average molecular weight is 456 g/mol. The Morgan fingerprint density at radius 2 is 2.07 bits per heavy atom. The number of hydrogen-bond acceptors (Lipinski definition) is 5. The van der Waals surface area contributed by atoms with E-state index in [4.69, 9.17) is 0 Å². The molecule has 0 spiro atoms. The van der Waals surface area contributed by atoms with Gasteiger partial charge in [0.2, 0.25) is 5.91 Å². The van der Waals surface area contributed by atoms with Crippen molar-refractivity contribution in [3.05, 3.63) is 45.9 Å². The number of hydrogen-bond donors (Lipinski definition) is 1. The molecule has 1 fully saturated rings. The van der Waals surface area contributed by atoms with Gasteiger partial charge in [0.1, 0.15) is 0 Å². The summed E-state index contributed by atoms with van der Waals surface area (Å²) < 4.78 is 40.8. The molecule has 2 aliphatic rings. The zero-order valence-corrected chi connectivity index (χ0v) is 17.6. The first kappa shape index (κ1) is 21.3. The van der Waals surface area contributed by atoms with Crippen LogP contribution in [0.15, 0.2) is 39.1 Å². The van der Waals surface area contributed by atoms with Gasteiger partial charge in [0, 0.05) is 18.2 Å². The van der Waals surface area contributed by atoms with Gasteiger partial charge in [-0.15, -0.1) is 11.8 Å². The molecule has 2 heterocycles. The van der Waals surface area contributed by atoms with Crippen molar-refractivity contribution in [1.82, 2.24) is 14.9 Å². The fraction of sp³-hybridized carbons (Fsp3) is 0.450. The molecule has 4 rings (SSSR count). The van der Waals surface area contributed by atoms with Crippen molar-refractivity contribution in [1.29, 1.82) is 0 Å². The first-order chi connectivity index (χ1) is 14.3. The second kappa shape index (κ2) is 8.66. The number of nitrogens with one attached hydrogen (secondary N) is 1. The van der Waals surface area contributed by atoms with E-state index >= 15 is 0 Å². The highest BCUT2D eigenvalue weighted by atomic mass is 32.2. The normalized spacial score (nSPS) is 16.6. The van der Waals surface area contributed by atoms with Crippen LogP contribution in [-0.2, 0) is 17.4 Å². The maximum Gasteiger partial charge on any atom is 0.416 e. The molecule has 0 saturated heterocycles. The minimum atomic E-state index is -4.52. The first-order valence-electron chi connectivity index (χ1n) is 9.71. The van der Waals surface area contributed by atoms with Gasteiger partial charge in [-0.3, -0.25) is 14.2 Å². The maximum absolute atomic E-state index is 13.2. The van der Waals surface area contributed by atoms with Crippen molar-refractivity contribution in [2.45, 2.75) is 54.4 Å². The summed E-state index contributed by atoms with van der Waals surface area (Å²) in [6.45, 7) is 0. The number of benzene rings is 1. The molecule has 0 atom stereocenters. The SMILES string of the molecule is O=C(CSc1nc2c(c(=O)n1-c1cccc(C(F)(F)F)c1)SCC2)NC1CCCC1. The summed E-state index contributed by atoms with van der Waals surface area (Å²) in [4.78, 5) is 30.4.